The molecule has 27 heavy (non-hydrogen) atoms. The molecule has 0 bridgehead atoms. The van der Waals surface area contributed by atoms with Gasteiger partial charge in [-0.3, -0.25) is 0 Å². The topological polar surface area (TPSA) is 0 Å². The van der Waals surface area contributed by atoms with Crippen LogP contribution in [0.3, 0.4) is 0 Å². The predicted molar refractivity (Wildman–Crippen MR) is 124 cm³/mol. The summed E-state index contributed by atoms with van der Waals surface area (Å²) in [7, 11) is 0.159. The van der Waals surface area contributed by atoms with Crippen molar-refractivity contribution in [3.8, 4) is 0 Å². The van der Waals surface area contributed by atoms with Gasteiger partial charge in [0.15, 0.2) is 0 Å². The van der Waals surface area contributed by atoms with Crippen molar-refractivity contribution in [2.75, 3.05) is 0 Å². The first-order valence-corrected chi connectivity index (χ1v) is 14.4. The van der Waals surface area contributed by atoms with Crippen molar-refractivity contribution in [1.29, 1.82) is 0 Å². The molecule has 3 rings (SSSR count). The Labute approximate surface area is 172 Å². The van der Waals surface area contributed by atoms with Crippen molar-refractivity contribution in [3.63, 3.8) is 0 Å². The fourth-order valence-corrected chi connectivity index (χ4v) is 8.50. The van der Waals surface area contributed by atoms with E-state index in [1.54, 1.807) is 64.2 Å². The molecule has 3 saturated carbocycles. The van der Waals surface area contributed by atoms with Crippen LogP contribution in [0.2, 0.25) is 11.6 Å². The van der Waals surface area contributed by atoms with Crippen LogP contribution in [-0.2, 0) is 0 Å². The van der Waals surface area contributed by atoms with Gasteiger partial charge in [-0.15, -0.1) is 6.58 Å². The Morgan fingerprint density at radius 1 is 0.704 bits per heavy atom. The van der Waals surface area contributed by atoms with Crippen LogP contribution < -0.4 is 0 Å². The first kappa shape index (κ1) is 21.4. The molecule has 0 radical (unpaired) electrons. The van der Waals surface area contributed by atoms with E-state index < -0.39 is 0 Å². The van der Waals surface area contributed by atoms with Crippen LogP contribution in [0.1, 0.15) is 96.8 Å². The second-order valence-electron chi connectivity index (χ2n) is 10.2. The number of hydrogen-bond donors (Lipinski definition) is 0. The monoisotopic (exact) mass is 386 g/mol. The minimum absolute atomic E-state index is 0.159. The fraction of sp³-hybridized carbons (Fsp3) is 0.846. The van der Waals surface area contributed by atoms with Crippen LogP contribution in [0, 0.1) is 29.6 Å². The highest BCUT2D eigenvalue weighted by atomic mass is 28.2. The molecule has 0 spiro atoms. The highest BCUT2D eigenvalue weighted by molar-refractivity contribution is 6.38. The van der Waals surface area contributed by atoms with Crippen molar-refractivity contribution in [1.82, 2.24) is 0 Å². The summed E-state index contributed by atoms with van der Waals surface area (Å²) in [5, 5.41) is 0. The Bertz CT molecular complexity index is 429. The van der Waals surface area contributed by atoms with E-state index in [0.29, 0.717) is 0 Å². The normalized spacial score (nSPS) is 38.6. The zero-order valence-electron chi connectivity index (χ0n) is 18.2. The molecule has 0 saturated heterocycles. The third kappa shape index (κ3) is 6.62. The SMILES string of the molecule is C=CC[SiH2][C@H]1CC[C@H](C2CCC(C3CCC(CC=CCC)CC3)CC2)CC1. The summed E-state index contributed by atoms with van der Waals surface area (Å²) in [6.45, 7) is 6.18. The van der Waals surface area contributed by atoms with Gasteiger partial charge in [-0.25, -0.2) is 0 Å². The Kier molecular flexibility index (Phi) is 9.23. The summed E-state index contributed by atoms with van der Waals surface area (Å²) < 4.78 is 0. The Morgan fingerprint density at radius 3 is 1.67 bits per heavy atom. The van der Waals surface area contributed by atoms with Gasteiger partial charge >= 0.3 is 0 Å². The van der Waals surface area contributed by atoms with Gasteiger partial charge in [0.05, 0.1) is 0 Å². The Hall–Kier alpha value is -0.303. The first-order valence-electron chi connectivity index (χ1n) is 12.6. The van der Waals surface area contributed by atoms with Gasteiger partial charge < -0.3 is 0 Å². The van der Waals surface area contributed by atoms with Gasteiger partial charge in [0.2, 0.25) is 0 Å². The third-order valence-electron chi connectivity index (χ3n) is 8.58. The maximum Gasteiger partial charge on any atom is 0.0272 e. The molecule has 0 atom stereocenters. The molecule has 1 heteroatoms. The average Bonchev–Trinajstić information content (AvgIpc) is 2.73. The zero-order chi connectivity index (χ0) is 18.9. The van der Waals surface area contributed by atoms with Gasteiger partial charge in [0, 0.05) is 9.52 Å². The van der Waals surface area contributed by atoms with Crippen LogP contribution >= 0.6 is 0 Å². The van der Waals surface area contributed by atoms with E-state index in [-0.39, 0.29) is 9.52 Å². The van der Waals surface area contributed by atoms with E-state index in [4.69, 9.17) is 0 Å². The van der Waals surface area contributed by atoms with Crippen molar-refractivity contribution >= 4 is 9.52 Å². The molecule has 0 heterocycles. The van der Waals surface area contributed by atoms with Gasteiger partial charge in [0.1, 0.15) is 0 Å². The third-order valence-corrected chi connectivity index (χ3v) is 11.0. The largest absolute Gasteiger partial charge is 0.103 e. The molecule has 3 aliphatic rings. The summed E-state index contributed by atoms with van der Waals surface area (Å²) in [5.74, 6) is 5.36. The number of rotatable bonds is 8. The summed E-state index contributed by atoms with van der Waals surface area (Å²) in [6.07, 6.45) is 28.2. The number of hydrogen-bond acceptors (Lipinski definition) is 0. The van der Waals surface area contributed by atoms with Gasteiger partial charge in [-0.05, 0) is 99.8 Å². The zero-order valence-corrected chi connectivity index (χ0v) is 19.6. The predicted octanol–water partition coefficient (Wildman–Crippen LogP) is 7.71. The molecule has 0 unspecified atom stereocenters. The van der Waals surface area contributed by atoms with Crippen molar-refractivity contribution in [3.05, 3.63) is 24.8 Å². The van der Waals surface area contributed by atoms with Crippen LogP contribution in [0.5, 0.6) is 0 Å². The summed E-state index contributed by atoms with van der Waals surface area (Å²) in [4.78, 5) is 0. The molecule has 0 N–H and O–H groups in total. The lowest BCUT2D eigenvalue weighted by Crippen LogP contribution is -2.29. The van der Waals surface area contributed by atoms with E-state index in [9.17, 15) is 0 Å². The van der Waals surface area contributed by atoms with Crippen LogP contribution in [0.15, 0.2) is 24.8 Å². The lowest BCUT2D eigenvalue weighted by Gasteiger charge is -2.41. The smallest absolute Gasteiger partial charge is 0.0272 e. The quantitative estimate of drug-likeness (QED) is 0.296. The van der Waals surface area contributed by atoms with Crippen molar-refractivity contribution < 1.29 is 0 Å². The summed E-state index contributed by atoms with van der Waals surface area (Å²) >= 11 is 0. The van der Waals surface area contributed by atoms with Crippen LogP contribution in [0.4, 0.5) is 0 Å². The number of allylic oxidation sites excluding steroid dienone is 3. The minimum Gasteiger partial charge on any atom is -0.103 e. The highest BCUT2D eigenvalue weighted by Crippen LogP contribution is 2.46. The highest BCUT2D eigenvalue weighted by Gasteiger charge is 2.34. The summed E-state index contributed by atoms with van der Waals surface area (Å²) in [6, 6.07) is 1.37. The molecule has 0 amide bonds. The molecule has 3 aliphatic carbocycles. The molecule has 0 aromatic heterocycles. The van der Waals surface area contributed by atoms with Crippen LogP contribution in [0.25, 0.3) is 0 Å². The van der Waals surface area contributed by atoms with E-state index in [2.05, 4.69) is 31.7 Å². The van der Waals surface area contributed by atoms with Crippen molar-refractivity contribution in [2.24, 2.45) is 29.6 Å². The van der Waals surface area contributed by atoms with Gasteiger partial charge in [0.25, 0.3) is 0 Å². The van der Waals surface area contributed by atoms with E-state index in [1.807, 2.05) is 0 Å². The molecule has 0 aromatic carbocycles. The molecule has 0 aliphatic heterocycles. The molecular weight excluding hydrogens is 340 g/mol. The molecule has 0 aromatic rings. The Balaban J connectivity index is 1.33. The standard InChI is InChI=1S/C26H46Si/c1-3-5-6-7-21-8-10-22(11-9-21)23-12-14-24(15-13-23)25-16-18-26(19-17-25)27-20-4-2/h4-6,21-26H,2-3,7-20,27H2,1H3/t21?,22?,23?,24?,25-,26-. The average molecular weight is 387 g/mol. The van der Waals surface area contributed by atoms with E-state index in [0.717, 1.165) is 35.1 Å². The van der Waals surface area contributed by atoms with Gasteiger partial charge in [-0.1, -0.05) is 56.4 Å². The lowest BCUT2D eigenvalue weighted by molar-refractivity contribution is 0.113. The van der Waals surface area contributed by atoms with E-state index >= 15 is 0 Å². The molecule has 0 nitrogen and oxygen atoms in total. The summed E-state index contributed by atoms with van der Waals surface area (Å²) in [5.41, 5.74) is 1.15. The second-order valence-corrected chi connectivity index (χ2v) is 12.5. The second kappa shape index (κ2) is 11.6. The maximum absolute atomic E-state index is 3.93. The van der Waals surface area contributed by atoms with Crippen LogP contribution in [-0.4, -0.2) is 9.52 Å². The Morgan fingerprint density at radius 2 is 1.19 bits per heavy atom. The van der Waals surface area contributed by atoms with Gasteiger partial charge in [-0.2, -0.15) is 0 Å². The fourth-order valence-electron chi connectivity index (χ4n) is 6.74. The molecular formula is C26H46Si. The molecule has 3 fully saturated rings. The first-order chi connectivity index (χ1) is 13.3. The maximum atomic E-state index is 3.93. The lowest BCUT2D eigenvalue weighted by atomic mass is 9.65. The van der Waals surface area contributed by atoms with E-state index in [1.165, 1.54) is 31.7 Å². The molecule has 154 valence electrons. The van der Waals surface area contributed by atoms with Crippen molar-refractivity contribution in [2.45, 2.75) is 108 Å². The minimum atomic E-state index is 0.159.